The molecule has 1 heterocycles. The number of nitrogens with zero attached hydrogens (tertiary/aromatic N) is 4. The van der Waals surface area contributed by atoms with E-state index in [0.717, 1.165) is 10.6 Å². The average molecular weight is 339 g/mol. The Kier molecular flexibility index (Phi) is 5.90. The largest absolute Gasteiger partial charge is 0.340 e. The molecular formula is C18H21N5O2. The molecule has 1 N–H and O–H groups in total. The Balaban J connectivity index is 2.12. The van der Waals surface area contributed by atoms with E-state index < -0.39 is 11.9 Å². The van der Waals surface area contributed by atoms with Gasteiger partial charge in [0.15, 0.2) is 6.19 Å². The summed E-state index contributed by atoms with van der Waals surface area (Å²) < 4.78 is 1.83. The van der Waals surface area contributed by atoms with Gasteiger partial charge in [0.2, 0.25) is 0 Å². The van der Waals surface area contributed by atoms with Gasteiger partial charge in [-0.1, -0.05) is 13.8 Å². The van der Waals surface area contributed by atoms with Crippen LogP contribution in [0.3, 0.4) is 0 Å². The number of likely N-dealkylation sites (N-methyl/N-ethyl adjacent to an activating group) is 1. The Morgan fingerprint density at radius 1 is 1.32 bits per heavy atom. The average Bonchev–Trinajstić information content (AvgIpc) is 3.14. The standard InChI is InChI=1S/C18H21N5O2/c1-13(2)10-16(18(25)22(3)11-19)21-17(24)14-4-6-15(7-5-14)23-9-8-20-12-23/h4-9,12-13,16H,10H2,1-3H3,(H,21,24)/t16-/m0/s1. The lowest BCUT2D eigenvalue weighted by Crippen LogP contribution is -2.46. The van der Waals surface area contributed by atoms with Gasteiger partial charge in [0.05, 0.1) is 6.33 Å². The van der Waals surface area contributed by atoms with Gasteiger partial charge in [-0.3, -0.25) is 14.5 Å². The topological polar surface area (TPSA) is 91.0 Å². The van der Waals surface area contributed by atoms with E-state index in [4.69, 9.17) is 5.26 Å². The van der Waals surface area contributed by atoms with E-state index in [1.807, 2.05) is 24.6 Å². The molecule has 0 unspecified atom stereocenters. The molecule has 1 aromatic heterocycles. The maximum absolute atomic E-state index is 12.5. The van der Waals surface area contributed by atoms with Gasteiger partial charge in [0.1, 0.15) is 6.04 Å². The first-order valence-corrected chi connectivity index (χ1v) is 7.99. The lowest BCUT2D eigenvalue weighted by atomic mass is 10.0. The molecule has 0 aliphatic carbocycles. The Morgan fingerprint density at radius 3 is 2.52 bits per heavy atom. The molecule has 7 nitrogen and oxygen atoms in total. The van der Waals surface area contributed by atoms with Gasteiger partial charge in [0.25, 0.3) is 11.8 Å². The summed E-state index contributed by atoms with van der Waals surface area (Å²) in [5.41, 5.74) is 1.33. The van der Waals surface area contributed by atoms with Crippen LogP contribution in [0.25, 0.3) is 5.69 Å². The van der Waals surface area contributed by atoms with E-state index in [0.29, 0.717) is 12.0 Å². The minimum Gasteiger partial charge on any atom is -0.340 e. The Bertz CT molecular complexity index is 760. The van der Waals surface area contributed by atoms with Crippen molar-refractivity contribution >= 4 is 11.8 Å². The minimum absolute atomic E-state index is 0.199. The smallest absolute Gasteiger partial charge is 0.257 e. The monoisotopic (exact) mass is 339 g/mol. The molecule has 0 radical (unpaired) electrons. The van der Waals surface area contributed by atoms with Crippen LogP contribution in [0.5, 0.6) is 0 Å². The number of rotatable bonds is 6. The summed E-state index contributed by atoms with van der Waals surface area (Å²) in [5, 5.41) is 11.6. The third-order valence-corrected chi connectivity index (χ3v) is 3.72. The van der Waals surface area contributed by atoms with Crippen LogP contribution in [-0.4, -0.2) is 39.4 Å². The second-order valence-corrected chi connectivity index (χ2v) is 6.17. The Morgan fingerprint density at radius 2 is 2.00 bits per heavy atom. The first-order valence-electron chi connectivity index (χ1n) is 7.99. The van der Waals surface area contributed by atoms with Crippen LogP contribution in [0.1, 0.15) is 30.6 Å². The zero-order valence-corrected chi connectivity index (χ0v) is 14.5. The number of aromatic nitrogens is 2. The lowest BCUT2D eigenvalue weighted by Gasteiger charge is -2.21. The molecule has 0 aliphatic heterocycles. The fraction of sp³-hybridized carbons (Fsp3) is 0.333. The molecule has 0 saturated carbocycles. The number of nitriles is 1. The van der Waals surface area contributed by atoms with E-state index in [9.17, 15) is 9.59 Å². The first-order chi connectivity index (χ1) is 11.9. The second kappa shape index (κ2) is 8.11. The maximum atomic E-state index is 12.5. The molecule has 0 fully saturated rings. The van der Waals surface area contributed by atoms with Gasteiger partial charge in [-0.05, 0) is 36.6 Å². The predicted octanol–water partition coefficient (Wildman–Crippen LogP) is 1.96. The van der Waals surface area contributed by atoms with Crippen LogP contribution in [0.2, 0.25) is 0 Å². The molecular weight excluding hydrogens is 318 g/mol. The fourth-order valence-electron chi connectivity index (χ4n) is 2.41. The lowest BCUT2D eigenvalue weighted by molar-refractivity contribution is -0.129. The summed E-state index contributed by atoms with van der Waals surface area (Å²) in [6.07, 6.45) is 7.40. The van der Waals surface area contributed by atoms with E-state index in [1.54, 1.807) is 43.0 Å². The van der Waals surface area contributed by atoms with Gasteiger partial charge in [0, 0.05) is 30.7 Å². The summed E-state index contributed by atoms with van der Waals surface area (Å²) in [7, 11) is 1.39. The molecule has 0 aliphatic rings. The van der Waals surface area contributed by atoms with Crippen LogP contribution in [0.15, 0.2) is 43.0 Å². The highest BCUT2D eigenvalue weighted by Gasteiger charge is 2.25. The number of hydrogen-bond acceptors (Lipinski definition) is 4. The highest BCUT2D eigenvalue weighted by atomic mass is 16.2. The van der Waals surface area contributed by atoms with Crippen LogP contribution in [0.4, 0.5) is 0 Å². The molecule has 25 heavy (non-hydrogen) atoms. The molecule has 2 amide bonds. The van der Waals surface area contributed by atoms with Gasteiger partial charge in [-0.2, -0.15) is 5.26 Å². The molecule has 2 aromatic rings. The van der Waals surface area contributed by atoms with Crippen LogP contribution >= 0.6 is 0 Å². The first kappa shape index (κ1) is 18.2. The number of imidazole rings is 1. The summed E-state index contributed by atoms with van der Waals surface area (Å²) in [4.78, 5) is 29.7. The molecule has 0 bridgehead atoms. The van der Waals surface area contributed by atoms with Crippen molar-refractivity contribution in [1.29, 1.82) is 5.26 Å². The van der Waals surface area contributed by atoms with Crippen molar-refractivity contribution in [3.63, 3.8) is 0 Å². The summed E-state index contributed by atoms with van der Waals surface area (Å²) in [6.45, 7) is 3.91. The summed E-state index contributed by atoms with van der Waals surface area (Å²) >= 11 is 0. The zero-order valence-electron chi connectivity index (χ0n) is 14.5. The molecule has 130 valence electrons. The van der Waals surface area contributed by atoms with Crippen LogP contribution in [0, 0.1) is 17.4 Å². The van der Waals surface area contributed by atoms with E-state index in [2.05, 4.69) is 10.3 Å². The SMILES string of the molecule is CC(C)C[C@H](NC(=O)c1ccc(-n2ccnc2)cc1)C(=O)N(C)C#N. The van der Waals surface area contributed by atoms with Gasteiger partial charge < -0.3 is 9.88 Å². The fourth-order valence-corrected chi connectivity index (χ4v) is 2.41. The molecule has 7 heteroatoms. The Hall–Kier alpha value is -3.14. The number of hydrogen-bond donors (Lipinski definition) is 1. The quantitative estimate of drug-likeness (QED) is 0.643. The molecule has 1 atom stereocenters. The maximum Gasteiger partial charge on any atom is 0.257 e. The number of amides is 2. The zero-order chi connectivity index (χ0) is 18.4. The molecule has 0 saturated heterocycles. The van der Waals surface area contributed by atoms with Crippen molar-refractivity contribution in [3.8, 4) is 11.9 Å². The van der Waals surface area contributed by atoms with Crippen molar-refractivity contribution in [2.45, 2.75) is 26.3 Å². The van der Waals surface area contributed by atoms with Crippen LogP contribution < -0.4 is 5.32 Å². The predicted molar refractivity (Wildman–Crippen MR) is 92.7 cm³/mol. The Labute approximate surface area is 146 Å². The van der Waals surface area contributed by atoms with Crippen molar-refractivity contribution in [2.75, 3.05) is 7.05 Å². The summed E-state index contributed by atoms with van der Waals surface area (Å²) in [6, 6.07) is 6.25. The van der Waals surface area contributed by atoms with E-state index in [-0.39, 0.29) is 11.8 Å². The number of carbonyl (C=O) groups is 2. The summed E-state index contributed by atoms with van der Waals surface area (Å²) in [5.74, 6) is -0.563. The van der Waals surface area contributed by atoms with Crippen LogP contribution in [-0.2, 0) is 4.79 Å². The van der Waals surface area contributed by atoms with Crippen molar-refractivity contribution in [3.05, 3.63) is 48.5 Å². The molecule has 0 spiro atoms. The number of nitrogens with one attached hydrogen (secondary N) is 1. The van der Waals surface area contributed by atoms with E-state index >= 15 is 0 Å². The molecule has 2 rings (SSSR count). The van der Waals surface area contributed by atoms with Gasteiger partial charge in [-0.25, -0.2) is 4.98 Å². The highest BCUT2D eigenvalue weighted by Crippen LogP contribution is 2.12. The normalized spacial score (nSPS) is 11.6. The van der Waals surface area contributed by atoms with Crippen molar-refractivity contribution in [1.82, 2.24) is 19.8 Å². The minimum atomic E-state index is -0.731. The highest BCUT2D eigenvalue weighted by molar-refractivity contribution is 5.97. The third kappa shape index (κ3) is 4.67. The van der Waals surface area contributed by atoms with Crippen molar-refractivity contribution < 1.29 is 9.59 Å². The number of carbonyl (C=O) groups excluding carboxylic acids is 2. The number of benzene rings is 1. The second-order valence-electron chi connectivity index (χ2n) is 6.17. The third-order valence-electron chi connectivity index (χ3n) is 3.72. The van der Waals surface area contributed by atoms with Gasteiger partial charge in [-0.15, -0.1) is 0 Å². The van der Waals surface area contributed by atoms with E-state index in [1.165, 1.54) is 7.05 Å². The molecule has 1 aromatic carbocycles. The van der Waals surface area contributed by atoms with Gasteiger partial charge >= 0.3 is 0 Å². The van der Waals surface area contributed by atoms with Crippen molar-refractivity contribution in [2.24, 2.45) is 5.92 Å².